The number of rotatable bonds is 3. The van der Waals surface area contributed by atoms with Crippen molar-refractivity contribution < 1.29 is 9.59 Å². The van der Waals surface area contributed by atoms with Gasteiger partial charge >= 0.3 is 6.03 Å². The molecule has 0 radical (unpaired) electrons. The Hall–Kier alpha value is -2.04. The van der Waals surface area contributed by atoms with Crippen molar-refractivity contribution in [2.45, 2.75) is 46.1 Å². The van der Waals surface area contributed by atoms with Gasteiger partial charge in [-0.05, 0) is 60.3 Å². The monoisotopic (exact) mass is 315 g/mol. The molecular weight excluding hydrogens is 290 g/mol. The minimum absolute atomic E-state index is 0.0507. The van der Waals surface area contributed by atoms with E-state index in [0.717, 1.165) is 6.42 Å². The van der Waals surface area contributed by atoms with Gasteiger partial charge in [0.2, 0.25) is 0 Å². The lowest BCUT2D eigenvalue weighted by atomic mass is 9.69. The Bertz CT molecular complexity index is 638. The van der Waals surface area contributed by atoms with Crippen molar-refractivity contribution >= 4 is 17.6 Å². The first-order valence-corrected chi connectivity index (χ1v) is 8.21. The quantitative estimate of drug-likeness (QED) is 0.800. The largest absolute Gasteiger partial charge is 0.351 e. The van der Waals surface area contributed by atoms with E-state index in [0.29, 0.717) is 17.2 Å². The van der Waals surface area contributed by atoms with Gasteiger partial charge in [-0.1, -0.05) is 20.8 Å². The van der Waals surface area contributed by atoms with Gasteiger partial charge in [0.15, 0.2) is 0 Å². The highest BCUT2D eigenvalue weighted by Crippen LogP contribution is 2.65. The summed E-state index contributed by atoms with van der Waals surface area (Å²) in [7, 11) is 0. The Morgan fingerprint density at radius 1 is 1.17 bits per heavy atom. The van der Waals surface area contributed by atoms with Crippen LogP contribution in [-0.4, -0.2) is 18.0 Å². The molecule has 5 heteroatoms. The van der Waals surface area contributed by atoms with Crippen LogP contribution in [0.1, 0.15) is 50.4 Å². The average molecular weight is 315 g/mol. The number of nitrogens with one attached hydrogen (secondary N) is 2. The lowest BCUT2D eigenvalue weighted by Gasteiger charge is -2.39. The van der Waals surface area contributed by atoms with E-state index < -0.39 is 6.03 Å². The van der Waals surface area contributed by atoms with Crippen LogP contribution in [0.5, 0.6) is 0 Å². The maximum absolute atomic E-state index is 12.5. The summed E-state index contributed by atoms with van der Waals surface area (Å²) in [5, 5.41) is 5.72. The zero-order valence-electron chi connectivity index (χ0n) is 14.0. The van der Waals surface area contributed by atoms with Gasteiger partial charge in [-0.2, -0.15) is 0 Å². The molecule has 0 aromatic heterocycles. The Kier molecular flexibility index (Phi) is 3.62. The first-order valence-electron chi connectivity index (χ1n) is 8.21. The number of urea groups is 1. The molecule has 2 bridgehead atoms. The molecule has 5 nitrogen and oxygen atoms in total. The fourth-order valence-electron chi connectivity index (χ4n) is 4.51. The maximum Gasteiger partial charge on any atom is 0.316 e. The highest BCUT2D eigenvalue weighted by molar-refractivity contribution is 5.95. The predicted molar refractivity (Wildman–Crippen MR) is 90.1 cm³/mol. The summed E-state index contributed by atoms with van der Waals surface area (Å²) in [5.41, 5.74) is 6.71. The third-order valence-electron chi connectivity index (χ3n) is 6.51. The summed E-state index contributed by atoms with van der Waals surface area (Å²) in [4.78, 5) is 23.4. The van der Waals surface area contributed by atoms with Crippen molar-refractivity contribution in [3.05, 3.63) is 29.8 Å². The Morgan fingerprint density at radius 3 is 2.30 bits per heavy atom. The molecule has 0 aliphatic heterocycles. The zero-order valence-corrected chi connectivity index (χ0v) is 14.0. The lowest BCUT2D eigenvalue weighted by molar-refractivity contribution is 0.0826. The average Bonchev–Trinajstić information content (AvgIpc) is 2.80. The second kappa shape index (κ2) is 5.25. The van der Waals surface area contributed by atoms with Gasteiger partial charge in [-0.3, -0.25) is 4.79 Å². The molecular formula is C18H25N3O2. The van der Waals surface area contributed by atoms with E-state index in [4.69, 9.17) is 5.73 Å². The standard InChI is InChI=1S/C18H25N3O2/c1-17(2)12-8-9-18(17,3)14(10-12)21-15(22)11-4-6-13(7-5-11)20-16(19)23/h4-7,12,14H,8-10H2,1-3H3,(H,21,22)(H3,19,20,23). The fraction of sp³-hybridized carbons (Fsp3) is 0.556. The minimum atomic E-state index is -0.612. The van der Waals surface area contributed by atoms with Crippen LogP contribution in [0.15, 0.2) is 24.3 Å². The second-order valence-corrected chi connectivity index (χ2v) is 7.70. The van der Waals surface area contributed by atoms with Crippen molar-refractivity contribution in [1.29, 1.82) is 0 Å². The van der Waals surface area contributed by atoms with Crippen LogP contribution >= 0.6 is 0 Å². The number of primary amides is 1. The van der Waals surface area contributed by atoms with E-state index in [-0.39, 0.29) is 22.8 Å². The number of hydrogen-bond donors (Lipinski definition) is 3. The molecule has 23 heavy (non-hydrogen) atoms. The molecule has 1 aromatic carbocycles. The summed E-state index contributed by atoms with van der Waals surface area (Å²) in [5.74, 6) is 0.644. The van der Waals surface area contributed by atoms with Crippen LogP contribution in [0.4, 0.5) is 10.5 Å². The van der Waals surface area contributed by atoms with Crippen LogP contribution in [0.25, 0.3) is 0 Å². The number of carbonyl (C=O) groups excluding carboxylic acids is 2. The molecule has 3 amide bonds. The van der Waals surface area contributed by atoms with Crippen LogP contribution in [0, 0.1) is 16.7 Å². The van der Waals surface area contributed by atoms with Crippen LogP contribution < -0.4 is 16.4 Å². The molecule has 124 valence electrons. The summed E-state index contributed by atoms with van der Waals surface area (Å²) < 4.78 is 0. The number of amides is 3. The van der Waals surface area contributed by atoms with Gasteiger partial charge in [-0.25, -0.2) is 4.79 Å². The number of anilines is 1. The van der Waals surface area contributed by atoms with Gasteiger partial charge in [-0.15, -0.1) is 0 Å². The first kappa shape index (κ1) is 15.8. The van der Waals surface area contributed by atoms with E-state index in [1.54, 1.807) is 24.3 Å². The Balaban J connectivity index is 1.70. The zero-order chi connectivity index (χ0) is 16.8. The van der Waals surface area contributed by atoms with E-state index in [1.165, 1.54) is 12.8 Å². The molecule has 0 heterocycles. The smallest absolute Gasteiger partial charge is 0.316 e. The number of carbonyl (C=O) groups is 2. The second-order valence-electron chi connectivity index (χ2n) is 7.70. The van der Waals surface area contributed by atoms with E-state index in [2.05, 4.69) is 31.4 Å². The maximum atomic E-state index is 12.5. The molecule has 3 unspecified atom stereocenters. The minimum Gasteiger partial charge on any atom is -0.351 e. The van der Waals surface area contributed by atoms with Crippen molar-refractivity contribution in [1.82, 2.24) is 5.32 Å². The normalized spacial score (nSPS) is 30.9. The van der Waals surface area contributed by atoms with Crippen molar-refractivity contribution in [3.8, 4) is 0 Å². The highest BCUT2D eigenvalue weighted by Gasteiger charge is 2.61. The fourth-order valence-corrected chi connectivity index (χ4v) is 4.51. The molecule has 1 aromatic rings. The van der Waals surface area contributed by atoms with E-state index >= 15 is 0 Å². The van der Waals surface area contributed by atoms with Crippen molar-refractivity contribution in [2.24, 2.45) is 22.5 Å². The number of fused-ring (bicyclic) bond motifs is 2. The number of hydrogen-bond acceptors (Lipinski definition) is 2. The molecule has 2 aliphatic carbocycles. The lowest BCUT2D eigenvalue weighted by Crippen LogP contribution is -2.46. The molecule has 2 aliphatic rings. The summed E-state index contributed by atoms with van der Waals surface area (Å²) >= 11 is 0. The molecule has 2 saturated carbocycles. The van der Waals surface area contributed by atoms with Gasteiger partial charge in [0.25, 0.3) is 5.91 Å². The molecule has 3 rings (SSSR count). The van der Waals surface area contributed by atoms with Gasteiger partial charge in [0, 0.05) is 17.3 Å². The number of benzene rings is 1. The number of nitrogens with two attached hydrogens (primary N) is 1. The molecule has 0 spiro atoms. The predicted octanol–water partition coefficient (Wildman–Crippen LogP) is 3.12. The molecule has 0 saturated heterocycles. The summed E-state index contributed by atoms with van der Waals surface area (Å²) in [6.07, 6.45) is 3.51. The van der Waals surface area contributed by atoms with Gasteiger partial charge < -0.3 is 16.4 Å². The Labute approximate surface area is 137 Å². The van der Waals surface area contributed by atoms with Gasteiger partial charge in [0.1, 0.15) is 0 Å². The molecule has 4 N–H and O–H groups in total. The van der Waals surface area contributed by atoms with Crippen LogP contribution in [-0.2, 0) is 0 Å². The van der Waals surface area contributed by atoms with Gasteiger partial charge in [0.05, 0.1) is 0 Å². The van der Waals surface area contributed by atoms with E-state index in [1.807, 2.05) is 0 Å². The van der Waals surface area contributed by atoms with E-state index in [9.17, 15) is 9.59 Å². The SMILES string of the molecule is CC1(C)C2CCC1(C)C(NC(=O)c1ccc(NC(N)=O)cc1)C2. The molecule has 2 fully saturated rings. The molecule has 3 atom stereocenters. The third-order valence-corrected chi connectivity index (χ3v) is 6.51. The highest BCUT2D eigenvalue weighted by atomic mass is 16.2. The first-order chi connectivity index (χ1) is 10.7. The topological polar surface area (TPSA) is 84.2 Å². The van der Waals surface area contributed by atoms with Crippen LogP contribution in [0.3, 0.4) is 0 Å². The summed E-state index contributed by atoms with van der Waals surface area (Å²) in [6, 6.07) is 6.41. The van der Waals surface area contributed by atoms with Crippen molar-refractivity contribution in [2.75, 3.05) is 5.32 Å². The Morgan fingerprint density at radius 2 is 1.83 bits per heavy atom. The summed E-state index contributed by atoms with van der Waals surface area (Å²) in [6.45, 7) is 6.98. The van der Waals surface area contributed by atoms with Crippen LogP contribution in [0.2, 0.25) is 0 Å². The third kappa shape index (κ3) is 2.48. The van der Waals surface area contributed by atoms with Crippen molar-refractivity contribution in [3.63, 3.8) is 0 Å².